The summed E-state index contributed by atoms with van der Waals surface area (Å²) in [6.45, 7) is 2.91. The third kappa shape index (κ3) is 3.05. The highest BCUT2D eigenvalue weighted by Crippen LogP contribution is 2.38. The second kappa shape index (κ2) is 6.49. The smallest absolute Gasteiger partial charge is 0.328 e. The number of urea groups is 1. The second-order valence-corrected chi connectivity index (χ2v) is 6.69. The molecule has 0 saturated carbocycles. The van der Waals surface area contributed by atoms with Crippen LogP contribution in [-0.4, -0.2) is 73.3 Å². The number of anilines is 2. The molecular weight excluding hydrogens is 340 g/mol. The number of ether oxygens (including phenoxy) is 1. The first-order valence-corrected chi connectivity index (χ1v) is 8.60. The van der Waals surface area contributed by atoms with Crippen LogP contribution in [-0.2, 0) is 9.59 Å². The quantitative estimate of drug-likeness (QED) is 0.788. The van der Waals surface area contributed by atoms with Crippen LogP contribution in [0.1, 0.15) is 6.42 Å². The minimum absolute atomic E-state index is 0.0406. The number of nitrogens with one attached hydrogen (secondary N) is 1. The molecule has 0 radical (unpaired) electrons. The normalized spacial score (nSPS) is 23.0. The van der Waals surface area contributed by atoms with Crippen molar-refractivity contribution in [3.8, 4) is 5.75 Å². The van der Waals surface area contributed by atoms with E-state index in [9.17, 15) is 14.4 Å². The lowest BCUT2D eigenvalue weighted by Gasteiger charge is -2.45. The maximum absolute atomic E-state index is 12.0. The van der Waals surface area contributed by atoms with Gasteiger partial charge in [0.2, 0.25) is 5.91 Å². The standard InChI is InChI=1S/C17H20N4O5/c22-15-3-4-21(17(25)18-15)11-1-2-13-14(7-11)26-10-12-8-19(9-16(23)24)5-6-20(12)13/h1-2,7,12H,3-6,8-10H2,(H,23,24)(H,18,22,25). The lowest BCUT2D eigenvalue weighted by molar-refractivity contribution is -0.138. The summed E-state index contributed by atoms with van der Waals surface area (Å²) < 4.78 is 5.89. The van der Waals surface area contributed by atoms with Gasteiger partial charge in [-0.05, 0) is 12.1 Å². The van der Waals surface area contributed by atoms with Crippen LogP contribution in [0.5, 0.6) is 5.75 Å². The van der Waals surface area contributed by atoms with Crippen LogP contribution in [0.15, 0.2) is 18.2 Å². The van der Waals surface area contributed by atoms with E-state index in [0.717, 1.165) is 12.2 Å². The first-order valence-electron chi connectivity index (χ1n) is 8.60. The number of hydrogen-bond donors (Lipinski definition) is 2. The zero-order valence-corrected chi connectivity index (χ0v) is 14.2. The van der Waals surface area contributed by atoms with E-state index in [2.05, 4.69) is 10.2 Å². The maximum atomic E-state index is 12.0. The summed E-state index contributed by atoms with van der Waals surface area (Å²) >= 11 is 0. The minimum atomic E-state index is -0.821. The summed E-state index contributed by atoms with van der Waals surface area (Å²) in [5, 5.41) is 11.3. The van der Waals surface area contributed by atoms with Crippen LogP contribution >= 0.6 is 0 Å². The molecule has 3 heterocycles. The number of fused-ring (bicyclic) bond motifs is 3. The van der Waals surface area contributed by atoms with Gasteiger partial charge in [0.05, 0.1) is 18.3 Å². The van der Waals surface area contributed by atoms with Crippen LogP contribution in [0.3, 0.4) is 0 Å². The van der Waals surface area contributed by atoms with E-state index in [1.54, 1.807) is 0 Å². The maximum Gasteiger partial charge on any atom is 0.328 e. The van der Waals surface area contributed by atoms with Gasteiger partial charge in [-0.25, -0.2) is 4.79 Å². The molecule has 1 aromatic carbocycles. The Morgan fingerprint density at radius 1 is 1.27 bits per heavy atom. The number of nitrogens with zero attached hydrogens (tertiary/aromatic N) is 3. The Hall–Kier alpha value is -2.81. The molecule has 2 N–H and O–H groups in total. The van der Waals surface area contributed by atoms with Gasteiger partial charge in [0.25, 0.3) is 0 Å². The molecule has 9 nitrogen and oxygen atoms in total. The number of hydrogen-bond acceptors (Lipinski definition) is 6. The summed E-state index contributed by atoms with van der Waals surface area (Å²) in [6, 6.07) is 5.29. The van der Waals surface area contributed by atoms with Crippen molar-refractivity contribution in [1.29, 1.82) is 0 Å². The van der Waals surface area contributed by atoms with Crippen LogP contribution in [0.4, 0.5) is 16.2 Å². The molecule has 1 atom stereocenters. The molecule has 0 bridgehead atoms. The van der Waals surface area contributed by atoms with E-state index >= 15 is 0 Å². The molecule has 9 heteroatoms. The molecular formula is C17H20N4O5. The van der Waals surface area contributed by atoms with E-state index in [-0.39, 0.29) is 24.9 Å². The van der Waals surface area contributed by atoms with Crippen LogP contribution < -0.4 is 19.9 Å². The van der Waals surface area contributed by atoms with Crippen molar-refractivity contribution in [2.75, 3.05) is 49.1 Å². The third-order valence-electron chi connectivity index (χ3n) is 4.98. The molecule has 0 aromatic heterocycles. The Bertz CT molecular complexity index is 768. The number of carboxylic acid groups (broad SMARTS) is 1. The van der Waals surface area contributed by atoms with Crippen molar-refractivity contribution < 1.29 is 24.2 Å². The predicted octanol–water partition coefficient (Wildman–Crippen LogP) is 0.101. The van der Waals surface area contributed by atoms with E-state index in [1.807, 2.05) is 23.1 Å². The zero-order chi connectivity index (χ0) is 18.3. The highest BCUT2D eigenvalue weighted by Gasteiger charge is 2.34. The summed E-state index contributed by atoms with van der Waals surface area (Å²) in [5.41, 5.74) is 1.64. The molecule has 1 aromatic rings. The number of carbonyl (C=O) groups excluding carboxylic acids is 2. The molecule has 4 rings (SSSR count). The van der Waals surface area contributed by atoms with Crippen molar-refractivity contribution in [2.24, 2.45) is 0 Å². The first kappa shape index (κ1) is 16.6. The van der Waals surface area contributed by atoms with Gasteiger partial charge < -0.3 is 14.7 Å². The number of carbonyl (C=O) groups is 3. The van der Waals surface area contributed by atoms with Gasteiger partial charge in [0.1, 0.15) is 12.4 Å². The molecule has 26 heavy (non-hydrogen) atoms. The summed E-state index contributed by atoms with van der Waals surface area (Å²) in [7, 11) is 0. The average molecular weight is 360 g/mol. The van der Waals surface area contributed by atoms with E-state index in [1.165, 1.54) is 4.90 Å². The van der Waals surface area contributed by atoms with Crippen LogP contribution in [0.2, 0.25) is 0 Å². The topological polar surface area (TPSA) is 102 Å². The Labute approximate surface area is 150 Å². The fourth-order valence-electron chi connectivity index (χ4n) is 3.73. The van der Waals surface area contributed by atoms with Gasteiger partial charge >= 0.3 is 12.0 Å². The lowest BCUT2D eigenvalue weighted by atomic mass is 10.1. The van der Waals surface area contributed by atoms with Gasteiger partial charge in [0.15, 0.2) is 0 Å². The zero-order valence-electron chi connectivity index (χ0n) is 14.2. The molecule has 3 aliphatic rings. The highest BCUT2D eigenvalue weighted by molar-refractivity contribution is 6.05. The number of carboxylic acids is 1. The monoisotopic (exact) mass is 360 g/mol. The fourth-order valence-corrected chi connectivity index (χ4v) is 3.73. The van der Waals surface area contributed by atoms with Gasteiger partial charge in [-0.15, -0.1) is 0 Å². The minimum Gasteiger partial charge on any atom is -0.489 e. The van der Waals surface area contributed by atoms with Crippen molar-refractivity contribution in [1.82, 2.24) is 10.2 Å². The number of benzene rings is 1. The SMILES string of the molecule is O=C(O)CN1CCN2c3ccc(N4CCC(=O)NC4=O)cc3OCC2C1. The Morgan fingerprint density at radius 3 is 2.88 bits per heavy atom. The molecule has 138 valence electrons. The van der Waals surface area contributed by atoms with E-state index in [0.29, 0.717) is 37.7 Å². The molecule has 0 spiro atoms. The van der Waals surface area contributed by atoms with Gasteiger partial charge in [-0.3, -0.25) is 24.7 Å². The largest absolute Gasteiger partial charge is 0.489 e. The Balaban J connectivity index is 1.51. The molecule has 3 amide bonds. The molecule has 2 saturated heterocycles. The molecule has 2 fully saturated rings. The lowest BCUT2D eigenvalue weighted by Crippen LogP contribution is -2.58. The summed E-state index contributed by atoms with van der Waals surface area (Å²) in [4.78, 5) is 39.9. The average Bonchev–Trinajstić information content (AvgIpc) is 2.60. The second-order valence-electron chi connectivity index (χ2n) is 6.69. The Morgan fingerprint density at radius 2 is 2.12 bits per heavy atom. The van der Waals surface area contributed by atoms with Crippen molar-refractivity contribution in [2.45, 2.75) is 12.5 Å². The van der Waals surface area contributed by atoms with Crippen LogP contribution in [0, 0.1) is 0 Å². The van der Waals surface area contributed by atoms with Crippen molar-refractivity contribution in [3.63, 3.8) is 0 Å². The van der Waals surface area contributed by atoms with Gasteiger partial charge in [0, 0.05) is 44.4 Å². The van der Waals surface area contributed by atoms with E-state index in [4.69, 9.17) is 9.84 Å². The number of imide groups is 1. The van der Waals surface area contributed by atoms with E-state index < -0.39 is 12.0 Å². The summed E-state index contributed by atoms with van der Waals surface area (Å²) in [6.07, 6.45) is 0.275. The van der Waals surface area contributed by atoms with Crippen molar-refractivity contribution in [3.05, 3.63) is 18.2 Å². The number of rotatable bonds is 3. The predicted molar refractivity (Wildman–Crippen MR) is 92.6 cm³/mol. The molecule has 3 aliphatic heterocycles. The third-order valence-corrected chi connectivity index (χ3v) is 4.98. The number of piperazine rings is 1. The Kier molecular flexibility index (Phi) is 4.15. The number of aliphatic carboxylic acids is 1. The van der Waals surface area contributed by atoms with Gasteiger partial charge in [-0.2, -0.15) is 0 Å². The summed E-state index contributed by atoms with van der Waals surface area (Å²) in [5.74, 6) is -0.379. The van der Waals surface area contributed by atoms with Gasteiger partial charge in [-0.1, -0.05) is 0 Å². The molecule has 0 aliphatic carbocycles. The fraction of sp³-hybridized carbons (Fsp3) is 0.471. The van der Waals surface area contributed by atoms with Crippen LogP contribution in [0.25, 0.3) is 0 Å². The first-order chi connectivity index (χ1) is 12.5. The molecule has 1 unspecified atom stereocenters. The highest BCUT2D eigenvalue weighted by atomic mass is 16.5. The number of amides is 3. The van der Waals surface area contributed by atoms with Crippen molar-refractivity contribution >= 4 is 29.3 Å².